The molecule has 2 aliphatic rings. The molecule has 2 aliphatic heterocycles. The molecule has 1 aromatic heterocycles. The molecule has 4 aromatic rings. The van der Waals surface area contributed by atoms with Crippen molar-refractivity contribution in [2.24, 2.45) is 0 Å². The summed E-state index contributed by atoms with van der Waals surface area (Å²) in [5, 5.41) is 9.22. The van der Waals surface area contributed by atoms with E-state index in [0.29, 0.717) is 10.0 Å². The van der Waals surface area contributed by atoms with E-state index in [2.05, 4.69) is 10.3 Å². The van der Waals surface area contributed by atoms with E-state index in [4.69, 9.17) is 42.1 Å². The van der Waals surface area contributed by atoms with Gasteiger partial charge in [-0.1, -0.05) is 70.5 Å². The van der Waals surface area contributed by atoms with Gasteiger partial charge in [0.1, 0.15) is 35.5 Å². The fraction of sp³-hybridized carbons (Fsp3) is 0.286. The van der Waals surface area contributed by atoms with E-state index in [9.17, 15) is 13.2 Å². The molecular formula is C28H22Cl2F3N3O4S. The zero-order chi connectivity index (χ0) is 28.7. The summed E-state index contributed by atoms with van der Waals surface area (Å²) in [6, 6.07) is 15.8. The van der Waals surface area contributed by atoms with Crippen LogP contribution < -0.4 is 0 Å². The predicted octanol–water partition coefficient (Wildman–Crippen LogP) is 6.86. The fourth-order valence-corrected chi connectivity index (χ4v) is 6.50. The van der Waals surface area contributed by atoms with Gasteiger partial charge in [-0.15, -0.1) is 5.10 Å². The van der Waals surface area contributed by atoms with Crippen LogP contribution >= 0.6 is 35.0 Å². The normalized spacial score (nSPS) is 26.1. The molecule has 0 saturated carbocycles. The molecule has 3 heterocycles. The number of ether oxygens (including phenoxy) is 4. The van der Waals surface area contributed by atoms with Crippen molar-refractivity contribution < 1.29 is 32.1 Å². The zero-order valence-electron chi connectivity index (χ0n) is 21.3. The highest BCUT2D eigenvalue weighted by atomic mass is 35.5. The molecule has 1 unspecified atom stereocenters. The molecule has 6 atom stereocenters. The van der Waals surface area contributed by atoms with Crippen LogP contribution in [-0.2, 0) is 18.9 Å². The molecule has 2 fully saturated rings. The number of rotatable bonds is 6. The lowest BCUT2D eigenvalue weighted by molar-refractivity contribution is -0.308. The lowest BCUT2D eigenvalue weighted by Gasteiger charge is -2.48. The molecule has 0 spiro atoms. The molecule has 2 saturated heterocycles. The van der Waals surface area contributed by atoms with Crippen molar-refractivity contribution in [3.05, 3.63) is 99.9 Å². The number of nitrogens with zero attached hydrogens (tertiary/aromatic N) is 3. The number of aromatic nitrogens is 3. The first-order chi connectivity index (χ1) is 19.8. The Morgan fingerprint density at radius 1 is 0.976 bits per heavy atom. The van der Waals surface area contributed by atoms with E-state index < -0.39 is 53.5 Å². The van der Waals surface area contributed by atoms with E-state index in [1.165, 1.54) is 22.6 Å². The molecule has 13 heteroatoms. The molecule has 6 rings (SSSR count). The molecule has 0 N–H and O–H groups in total. The van der Waals surface area contributed by atoms with Crippen molar-refractivity contribution in [1.82, 2.24) is 15.0 Å². The Bertz CT molecular complexity index is 1530. The Morgan fingerprint density at radius 3 is 2.44 bits per heavy atom. The van der Waals surface area contributed by atoms with Crippen LogP contribution in [0.1, 0.15) is 17.9 Å². The third-order valence-corrected chi connectivity index (χ3v) is 8.77. The van der Waals surface area contributed by atoms with Crippen LogP contribution in [0.3, 0.4) is 0 Å². The lowest BCUT2D eigenvalue weighted by atomic mass is 9.95. The van der Waals surface area contributed by atoms with Gasteiger partial charge in [-0.3, -0.25) is 0 Å². The monoisotopic (exact) mass is 623 g/mol. The van der Waals surface area contributed by atoms with Crippen LogP contribution in [-0.4, -0.2) is 52.5 Å². The van der Waals surface area contributed by atoms with Crippen molar-refractivity contribution in [3.63, 3.8) is 0 Å². The van der Waals surface area contributed by atoms with Gasteiger partial charge in [-0.2, -0.15) is 0 Å². The summed E-state index contributed by atoms with van der Waals surface area (Å²) in [4.78, 5) is 0.792. The minimum absolute atomic E-state index is 0.0296. The Kier molecular flexibility index (Phi) is 8.28. The number of fused-ring (bicyclic) bond motifs is 1. The van der Waals surface area contributed by atoms with E-state index in [0.717, 1.165) is 22.6 Å². The Balaban J connectivity index is 1.37. The Hall–Kier alpha value is -2.64. The van der Waals surface area contributed by atoms with Gasteiger partial charge < -0.3 is 18.9 Å². The third-order valence-electron chi connectivity index (χ3n) is 6.89. The zero-order valence-corrected chi connectivity index (χ0v) is 23.6. The first kappa shape index (κ1) is 28.5. The Morgan fingerprint density at radius 2 is 1.73 bits per heavy atom. The fourth-order valence-electron chi connectivity index (χ4n) is 4.94. The number of methoxy groups -OCH3 is 1. The molecule has 0 aliphatic carbocycles. The van der Waals surface area contributed by atoms with Gasteiger partial charge in [-0.25, -0.2) is 17.9 Å². The smallest absolute Gasteiger partial charge is 0.194 e. The molecule has 41 heavy (non-hydrogen) atoms. The van der Waals surface area contributed by atoms with Crippen LogP contribution in [0.4, 0.5) is 13.2 Å². The molecule has 7 nitrogen and oxygen atoms in total. The molecule has 3 aromatic carbocycles. The van der Waals surface area contributed by atoms with Crippen LogP contribution in [0, 0.1) is 17.5 Å². The maximum atomic E-state index is 14.0. The standard InChI is InChI=1S/C28H22Cl2F3N3O4S/c1-37-26-24(36-12-21(34-35-36)15-9-19(31)23(33)20(32)10-15)25-22(13-38-27(40-25)14-5-3-2-4-6-14)39-28(26)41-16-7-8-17(29)18(30)11-16/h2-12,22,24-28H,13H2,1H3/t22-,24+,25+,26-,27?,28-/m1/s1. The van der Waals surface area contributed by atoms with E-state index in [1.54, 1.807) is 19.2 Å². The summed E-state index contributed by atoms with van der Waals surface area (Å²) >= 11 is 13.7. The van der Waals surface area contributed by atoms with Crippen LogP contribution in [0.2, 0.25) is 10.0 Å². The van der Waals surface area contributed by atoms with Gasteiger partial charge in [0.2, 0.25) is 0 Å². The summed E-state index contributed by atoms with van der Waals surface area (Å²) in [5.74, 6) is -4.21. The molecule has 0 bridgehead atoms. The van der Waals surface area contributed by atoms with Gasteiger partial charge >= 0.3 is 0 Å². The minimum atomic E-state index is -1.56. The molecule has 0 amide bonds. The number of hydrogen-bond donors (Lipinski definition) is 0. The lowest BCUT2D eigenvalue weighted by Crippen LogP contribution is -2.59. The second-order valence-electron chi connectivity index (χ2n) is 9.44. The minimum Gasteiger partial charge on any atom is -0.375 e. The molecular weight excluding hydrogens is 602 g/mol. The highest BCUT2D eigenvalue weighted by Crippen LogP contribution is 2.45. The summed E-state index contributed by atoms with van der Waals surface area (Å²) in [5.41, 5.74) is 0.419. The summed E-state index contributed by atoms with van der Waals surface area (Å²) in [6.07, 6.45) is -0.937. The topological polar surface area (TPSA) is 67.6 Å². The number of halogens is 5. The van der Waals surface area contributed by atoms with Crippen molar-refractivity contribution in [3.8, 4) is 11.3 Å². The van der Waals surface area contributed by atoms with E-state index in [1.807, 2.05) is 36.4 Å². The first-order valence-corrected chi connectivity index (χ1v) is 14.1. The van der Waals surface area contributed by atoms with Crippen molar-refractivity contribution in [2.75, 3.05) is 13.7 Å². The van der Waals surface area contributed by atoms with E-state index >= 15 is 0 Å². The second kappa shape index (κ2) is 11.9. The number of hydrogen-bond acceptors (Lipinski definition) is 7. The molecule has 214 valence electrons. The van der Waals surface area contributed by atoms with Crippen LogP contribution in [0.5, 0.6) is 0 Å². The predicted molar refractivity (Wildman–Crippen MR) is 146 cm³/mol. The van der Waals surface area contributed by atoms with E-state index in [-0.39, 0.29) is 17.9 Å². The van der Waals surface area contributed by atoms with Gasteiger partial charge in [0.15, 0.2) is 23.7 Å². The maximum Gasteiger partial charge on any atom is 0.194 e. The third kappa shape index (κ3) is 5.72. The van der Waals surface area contributed by atoms with Crippen LogP contribution in [0.15, 0.2) is 71.8 Å². The van der Waals surface area contributed by atoms with Crippen molar-refractivity contribution >= 4 is 35.0 Å². The van der Waals surface area contributed by atoms with Crippen LogP contribution in [0.25, 0.3) is 11.3 Å². The van der Waals surface area contributed by atoms with Crippen molar-refractivity contribution in [2.45, 2.75) is 41.0 Å². The average molecular weight is 624 g/mol. The highest BCUT2D eigenvalue weighted by molar-refractivity contribution is 7.99. The van der Waals surface area contributed by atoms with Gasteiger partial charge in [0, 0.05) is 23.1 Å². The number of benzene rings is 3. The quantitative estimate of drug-likeness (QED) is 0.217. The summed E-state index contributed by atoms with van der Waals surface area (Å²) in [6.45, 7) is 0.214. The largest absolute Gasteiger partial charge is 0.375 e. The van der Waals surface area contributed by atoms with Gasteiger partial charge in [0.05, 0.1) is 22.8 Å². The molecule has 0 radical (unpaired) electrons. The average Bonchev–Trinajstić information content (AvgIpc) is 3.47. The summed E-state index contributed by atoms with van der Waals surface area (Å²) in [7, 11) is 1.54. The second-order valence-corrected chi connectivity index (χ2v) is 11.4. The maximum absolute atomic E-state index is 14.0. The first-order valence-electron chi connectivity index (χ1n) is 12.5. The Labute approximate surface area is 247 Å². The van der Waals surface area contributed by atoms with Gasteiger partial charge in [-0.05, 0) is 30.3 Å². The number of thioether (sulfide) groups is 1. The van der Waals surface area contributed by atoms with Gasteiger partial charge in [0.25, 0.3) is 0 Å². The SMILES string of the molecule is CO[C@@H]1[C@@H](n2cc(-c3cc(F)c(F)c(F)c3)nn2)[C@H]2OC(c3ccccc3)OC[C@H]2O[C@@H]1Sc1ccc(Cl)c(Cl)c1. The highest BCUT2D eigenvalue weighted by Gasteiger charge is 2.52. The van der Waals surface area contributed by atoms with Crippen molar-refractivity contribution in [1.29, 1.82) is 0 Å². The summed E-state index contributed by atoms with van der Waals surface area (Å²) < 4.78 is 68.0.